The van der Waals surface area contributed by atoms with Crippen molar-refractivity contribution in [1.29, 1.82) is 5.41 Å². The molecule has 0 rings (SSSR count). The number of hydrogen-bond donors (Lipinski definition) is 1. The van der Waals surface area contributed by atoms with Crippen molar-refractivity contribution in [3.05, 3.63) is 24.3 Å². The molecule has 0 saturated carbocycles. The average Bonchev–Trinajstić information content (AvgIpc) is 2.16. The lowest BCUT2D eigenvalue weighted by Crippen LogP contribution is -1.92. The van der Waals surface area contributed by atoms with Crippen molar-refractivity contribution in [1.82, 2.24) is 0 Å². The Kier molecular flexibility index (Phi) is 7.71. The Morgan fingerprint density at radius 3 is 2.64 bits per heavy atom. The van der Waals surface area contributed by atoms with Crippen molar-refractivity contribution in [3.63, 3.8) is 0 Å². The van der Waals surface area contributed by atoms with Crippen LogP contribution >= 0.6 is 0 Å². The number of nitrogens with one attached hydrogen (secondary N) is 1. The second-order valence-electron chi connectivity index (χ2n) is 3.45. The molecule has 0 aromatic carbocycles. The topological polar surface area (TPSA) is 36.2 Å². The fourth-order valence-corrected chi connectivity index (χ4v) is 1.03. The van der Waals surface area contributed by atoms with E-state index in [1.807, 2.05) is 6.08 Å². The van der Waals surface area contributed by atoms with E-state index in [1.54, 1.807) is 13.1 Å². The highest BCUT2D eigenvalue weighted by atomic mass is 14.7. The van der Waals surface area contributed by atoms with Gasteiger partial charge in [-0.1, -0.05) is 26.0 Å². The quantitative estimate of drug-likeness (QED) is 0.495. The van der Waals surface area contributed by atoms with Crippen LogP contribution in [0.25, 0.3) is 0 Å². The zero-order chi connectivity index (χ0) is 10.8. The van der Waals surface area contributed by atoms with Crippen LogP contribution in [0.5, 0.6) is 0 Å². The molecule has 0 aliphatic heterocycles. The summed E-state index contributed by atoms with van der Waals surface area (Å²) in [6.07, 6.45) is 11.2. The van der Waals surface area contributed by atoms with Crippen LogP contribution in [-0.4, -0.2) is 19.0 Å². The minimum atomic E-state index is 0.620. The van der Waals surface area contributed by atoms with Gasteiger partial charge in [-0.2, -0.15) is 0 Å². The highest BCUT2D eigenvalue weighted by Crippen LogP contribution is 2.00. The number of aliphatic imine (C=N–C) groups is 1. The Morgan fingerprint density at radius 2 is 2.14 bits per heavy atom. The maximum Gasteiger partial charge on any atom is 0.0348 e. The fraction of sp³-hybridized carbons (Fsp3) is 0.500. The van der Waals surface area contributed by atoms with Gasteiger partial charge in [-0.15, -0.1) is 0 Å². The normalized spacial score (nSPS) is 13.3. The summed E-state index contributed by atoms with van der Waals surface area (Å²) in [6.45, 7) is 4.33. The molecule has 2 heteroatoms. The van der Waals surface area contributed by atoms with Gasteiger partial charge in [0, 0.05) is 19.0 Å². The van der Waals surface area contributed by atoms with Crippen LogP contribution in [0.15, 0.2) is 29.3 Å². The van der Waals surface area contributed by atoms with Gasteiger partial charge < -0.3 is 5.41 Å². The summed E-state index contributed by atoms with van der Waals surface area (Å²) in [5.41, 5.74) is 1.04. The maximum absolute atomic E-state index is 6.86. The van der Waals surface area contributed by atoms with Gasteiger partial charge in [0.25, 0.3) is 0 Å². The van der Waals surface area contributed by atoms with E-state index in [-0.39, 0.29) is 0 Å². The molecule has 1 N–H and O–H groups in total. The molecular formula is C12H20N2. The molecule has 0 unspecified atom stereocenters. The Balaban J connectivity index is 3.86. The third-order valence-electron chi connectivity index (χ3n) is 1.76. The van der Waals surface area contributed by atoms with Gasteiger partial charge in [0.2, 0.25) is 0 Å². The SMILES string of the molecule is CN=C(C=CC=N)CCC=CC(C)C. The van der Waals surface area contributed by atoms with E-state index in [1.165, 1.54) is 6.21 Å². The van der Waals surface area contributed by atoms with Crippen molar-refractivity contribution in [2.45, 2.75) is 26.7 Å². The highest BCUT2D eigenvalue weighted by molar-refractivity contribution is 5.97. The molecular weight excluding hydrogens is 172 g/mol. The second kappa shape index (κ2) is 8.42. The van der Waals surface area contributed by atoms with E-state index < -0.39 is 0 Å². The molecule has 0 aliphatic rings. The van der Waals surface area contributed by atoms with Crippen molar-refractivity contribution >= 4 is 11.9 Å². The standard InChI is InChI=1S/C12H20N2/c1-11(2)7-4-5-8-12(14-3)9-6-10-13/h4,6-7,9-11,13H,5,8H2,1-3H3. The van der Waals surface area contributed by atoms with E-state index in [9.17, 15) is 0 Å². The van der Waals surface area contributed by atoms with Crippen LogP contribution in [0, 0.1) is 11.3 Å². The summed E-state index contributed by atoms with van der Waals surface area (Å²) in [6, 6.07) is 0. The zero-order valence-corrected chi connectivity index (χ0v) is 9.33. The lowest BCUT2D eigenvalue weighted by molar-refractivity contribution is 0.824. The van der Waals surface area contributed by atoms with Gasteiger partial charge in [-0.3, -0.25) is 4.99 Å². The van der Waals surface area contributed by atoms with Crippen LogP contribution in [0.3, 0.4) is 0 Å². The summed E-state index contributed by atoms with van der Waals surface area (Å²) in [5.74, 6) is 0.620. The van der Waals surface area contributed by atoms with Gasteiger partial charge in [0.1, 0.15) is 0 Å². The van der Waals surface area contributed by atoms with Crippen molar-refractivity contribution in [2.24, 2.45) is 10.9 Å². The predicted octanol–water partition coefficient (Wildman–Crippen LogP) is 3.26. The molecule has 0 aromatic heterocycles. The third kappa shape index (κ3) is 7.47. The number of rotatable bonds is 6. The first kappa shape index (κ1) is 12.8. The zero-order valence-electron chi connectivity index (χ0n) is 9.33. The molecule has 0 amide bonds. The Bertz CT molecular complexity index is 235. The molecule has 0 atom stereocenters. The van der Waals surface area contributed by atoms with Crippen molar-refractivity contribution < 1.29 is 0 Å². The van der Waals surface area contributed by atoms with Crippen LogP contribution in [0.4, 0.5) is 0 Å². The number of hydrogen-bond acceptors (Lipinski definition) is 2. The summed E-state index contributed by atoms with van der Waals surface area (Å²) in [4.78, 5) is 4.13. The van der Waals surface area contributed by atoms with E-state index in [2.05, 4.69) is 31.0 Å². The Labute approximate surface area is 87.0 Å². The molecule has 0 fully saturated rings. The van der Waals surface area contributed by atoms with Gasteiger partial charge in [-0.05, 0) is 30.9 Å². The lowest BCUT2D eigenvalue weighted by atomic mass is 10.1. The fourth-order valence-electron chi connectivity index (χ4n) is 1.03. The molecule has 0 aromatic rings. The first-order chi connectivity index (χ1) is 6.70. The highest BCUT2D eigenvalue weighted by Gasteiger charge is 1.91. The molecule has 2 nitrogen and oxygen atoms in total. The summed E-state index contributed by atoms with van der Waals surface area (Å²) in [7, 11) is 1.79. The molecule has 0 radical (unpaired) electrons. The van der Waals surface area contributed by atoms with E-state index in [0.717, 1.165) is 18.6 Å². The summed E-state index contributed by atoms with van der Waals surface area (Å²) in [5, 5.41) is 6.86. The monoisotopic (exact) mass is 192 g/mol. The second-order valence-corrected chi connectivity index (χ2v) is 3.45. The smallest absolute Gasteiger partial charge is 0.0348 e. The average molecular weight is 192 g/mol. The molecule has 0 heterocycles. The Morgan fingerprint density at radius 1 is 1.43 bits per heavy atom. The van der Waals surface area contributed by atoms with Gasteiger partial charge >= 0.3 is 0 Å². The Hall–Kier alpha value is -1.18. The number of nitrogens with zero attached hydrogens (tertiary/aromatic N) is 1. The van der Waals surface area contributed by atoms with Crippen molar-refractivity contribution in [2.75, 3.05) is 7.05 Å². The van der Waals surface area contributed by atoms with Crippen LogP contribution in [-0.2, 0) is 0 Å². The molecule has 78 valence electrons. The van der Waals surface area contributed by atoms with Crippen molar-refractivity contribution in [3.8, 4) is 0 Å². The van der Waals surface area contributed by atoms with Gasteiger partial charge in [0.05, 0.1) is 0 Å². The van der Waals surface area contributed by atoms with Gasteiger partial charge in [0.15, 0.2) is 0 Å². The van der Waals surface area contributed by atoms with Crippen LogP contribution < -0.4 is 0 Å². The minimum absolute atomic E-state index is 0.620. The van der Waals surface area contributed by atoms with E-state index in [4.69, 9.17) is 5.41 Å². The first-order valence-electron chi connectivity index (χ1n) is 5.00. The van der Waals surface area contributed by atoms with Gasteiger partial charge in [-0.25, -0.2) is 0 Å². The molecule has 0 saturated heterocycles. The van der Waals surface area contributed by atoms with Crippen LogP contribution in [0.2, 0.25) is 0 Å². The predicted molar refractivity (Wildman–Crippen MR) is 64.5 cm³/mol. The third-order valence-corrected chi connectivity index (χ3v) is 1.76. The van der Waals surface area contributed by atoms with Crippen LogP contribution in [0.1, 0.15) is 26.7 Å². The molecule has 0 spiro atoms. The maximum atomic E-state index is 6.86. The molecule has 14 heavy (non-hydrogen) atoms. The summed E-state index contributed by atoms with van der Waals surface area (Å²) < 4.78 is 0. The van der Waals surface area contributed by atoms with E-state index >= 15 is 0 Å². The molecule has 0 bridgehead atoms. The number of allylic oxidation sites excluding steroid dienone is 4. The van der Waals surface area contributed by atoms with E-state index in [0.29, 0.717) is 5.92 Å². The minimum Gasteiger partial charge on any atom is -0.309 e. The first-order valence-corrected chi connectivity index (χ1v) is 5.00. The molecule has 0 aliphatic carbocycles. The largest absolute Gasteiger partial charge is 0.309 e. The summed E-state index contributed by atoms with van der Waals surface area (Å²) >= 11 is 0. The lowest BCUT2D eigenvalue weighted by Gasteiger charge is -1.97.